The van der Waals surface area contributed by atoms with Gasteiger partial charge in [0, 0.05) is 32.7 Å². The van der Waals surface area contributed by atoms with Gasteiger partial charge in [0.2, 0.25) is 0 Å². The van der Waals surface area contributed by atoms with E-state index in [0.717, 1.165) is 0 Å². The minimum atomic E-state index is -1.93. The van der Waals surface area contributed by atoms with Gasteiger partial charge in [-0.1, -0.05) is 18.2 Å². The summed E-state index contributed by atoms with van der Waals surface area (Å²) >= 11 is 0. The Labute approximate surface area is 278 Å². The minimum absolute atomic E-state index is 0.0585. The number of aliphatic hydroxyl groups is 12. The van der Waals surface area contributed by atoms with Crippen LogP contribution in [-0.4, -0.2) is 168 Å². The second kappa shape index (κ2) is 15.1. The van der Waals surface area contributed by atoms with Gasteiger partial charge in [0.05, 0.1) is 101 Å². The van der Waals surface area contributed by atoms with Crippen LogP contribution >= 0.6 is 0 Å². The van der Waals surface area contributed by atoms with Crippen molar-refractivity contribution in [2.75, 3.05) is 79.3 Å². The van der Waals surface area contributed by atoms with Crippen molar-refractivity contribution in [2.45, 2.75) is 22.2 Å². The lowest BCUT2D eigenvalue weighted by Gasteiger charge is -2.27. The fraction of sp³-hybridized carbons (Fsp3) is 0.500. The van der Waals surface area contributed by atoms with E-state index in [1.165, 1.54) is 18.2 Å². The molecule has 0 saturated heterocycles. The molecule has 4 rings (SSSR count). The van der Waals surface area contributed by atoms with Crippen LogP contribution < -0.4 is 21.4 Å². The molecule has 0 saturated carbocycles. The highest BCUT2D eigenvalue weighted by molar-refractivity contribution is 6.11. The van der Waals surface area contributed by atoms with Gasteiger partial charge in [0.15, 0.2) is 0 Å². The lowest BCUT2D eigenvalue weighted by atomic mass is 9.85. The number of hydrogen-bond donors (Lipinski definition) is 13. The second-order valence-electron chi connectivity index (χ2n) is 12.3. The summed E-state index contributed by atoms with van der Waals surface area (Å²) in [7, 11) is 0. The molecule has 13 N–H and O–H groups in total. The highest BCUT2D eigenvalue weighted by atomic mass is 16.3. The molecular weight excluding hydrogens is 648 g/mol. The van der Waals surface area contributed by atoms with Gasteiger partial charge < -0.3 is 66.4 Å². The molecule has 0 unspecified atom stereocenters. The van der Waals surface area contributed by atoms with Crippen molar-refractivity contribution in [3.8, 4) is 16.9 Å². The molecule has 2 aromatic carbocycles. The Hall–Kier alpha value is -3.56. The zero-order valence-corrected chi connectivity index (χ0v) is 26.5. The van der Waals surface area contributed by atoms with Gasteiger partial charge in [-0.3, -0.25) is 20.0 Å². The molecule has 17 heteroatoms. The summed E-state index contributed by atoms with van der Waals surface area (Å²) < 4.78 is 0. The predicted octanol–water partition coefficient (Wildman–Crippen LogP) is -6.42. The molecule has 0 heterocycles. The number of aliphatic hydroxyl groups excluding tert-OH is 12. The third kappa shape index (κ3) is 6.56. The summed E-state index contributed by atoms with van der Waals surface area (Å²) in [5.74, 6) is -0.434. The maximum absolute atomic E-state index is 11.1. The van der Waals surface area contributed by atoms with Gasteiger partial charge >= 0.3 is 0 Å². The maximum Gasteiger partial charge on any atom is 0.130 e. The molecule has 17 nitrogen and oxygen atoms in total. The average Bonchev–Trinajstić information content (AvgIpc) is 3.15. The van der Waals surface area contributed by atoms with Crippen LogP contribution in [0.1, 0.15) is 0 Å². The Morgan fingerprint density at radius 1 is 0.367 bits per heavy atom. The zero-order valence-electron chi connectivity index (χ0n) is 26.5. The smallest absolute Gasteiger partial charge is 0.130 e. The molecule has 0 amide bonds. The first kappa shape index (κ1) is 38.2. The first-order valence-electron chi connectivity index (χ1n) is 15.2. The summed E-state index contributed by atoms with van der Waals surface area (Å²) in [5, 5.41) is 134. The maximum atomic E-state index is 11.1. The van der Waals surface area contributed by atoms with Gasteiger partial charge in [-0.15, -0.1) is 0 Å². The monoisotopic (exact) mass is 690 g/mol. The van der Waals surface area contributed by atoms with Crippen molar-refractivity contribution in [3.63, 3.8) is 0 Å². The molecule has 2 aromatic rings. The van der Waals surface area contributed by atoms with Crippen LogP contribution in [0, 0.1) is 0 Å². The van der Waals surface area contributed by atoms with Gasteiger partial charge in [-0.25, -0.2) is 0 Å². The molecule has 0 aliphatic heterocycles. The van der Waals surface area contributed by atoms with E-state index >= 15 is 0 Å². The van der Waals surface area contributed by atoms with Crippen LogP contribution in [0.4, 0.5) is 0 Å². The van der Waals surface area contributed by atoms with Crippen LogP contribution in [-0.2, 0) is 0 Å². The summed E-state index contributed by atoms with van der Waals surface area (Å²) in [4.78, 5) is 18.1. The van der Waals surface area contributed by atoms with E-state index in [1.54, 1.807) is 12.1 Å². The van der Waals surface area contributed by atoms with Crippen LogP contribution in [0.2, 0.25) is 0 Å². The molecule has 0 spiro atoms. The number of nitrogens with zero attached hydrogens (tertiary/aromatic N) is 4. The molecule has 49 heavy (non-hydrogen) atoms. The molecule has 0 fully saturated rings. The van der Waals surface area contributed by atoms with Gasteiger partial charge in [0.1, 0.15) is 27.9 Å². The van der Waals surface area contributed by atoms with Crippen LogP contribution in [0.25, 0.3) is 32.7 Å². The molecule has 2 aliphatic carbocycles. The Balaban J connectivity index is 2.59. The molecular formula is C32H42N4O13. The molecule has 2 aliphatic rings. The van der Waals surface area contributed by atoms with E-state index in [4.69, 9.17) is 0 Å². The van der Waals surface area contributed by atoms with E-state index in [1.807, 2.05) is 0 Å². The Morgan fingerprint density at radius 3 is 0.837 bits per heavy atom. The van der Waals surface area contributed by atoms with Gasteiger partial charge in [-0.2, -0.15) is 0 Å². The standard InChI is InChI=1S/C32H42N4O13/c37-6-29(7-38,8-39)33-25-19-2-1-3-20-23(19)24-21(27(25)35-31(12-43,13-44)14-45)4-18(49)5-22(24)28(36-32(15-46,16-47)17-48)26(20)34-30(9-40,10-41)11-42/h1-5,37-49H,6-17H2. The molecule has 0 bridgehead atoms. The molecule has 0 aromatic heterocycles. The topological polar surface area (TPSA) is 312 Å². The molecule has 268 valence electrons. The predicted molar refractivity (Wildman–Crippen MR) is 172 cm³/mol. The number of benzene rings is 4. The molecule has 0 radical (unpaired) electrons. The number of hydrogen-bond acceptors (Lipinski definition) is 17. The number of phenols is 1. The number of phenolic OH excluding ortho intramolecular Hbond substituents is 1. The van der Waals surface area contributed by atoms with E-state index < -0.39 is 107 Å². The molecule has 0 atom stereocenters. The van der Waals surface area contributed by atoms with Crippen LogP contribution in [0.15, 0.2) is 50.3 Å². The van der Waals surface area contributed by atoms with Crippen LogP contribution in [0.5, 0.6) is 5.75 Å². The fourth-order valence-corrected chi connectivity index (χ4v) is 5.42. The van der Waals surface area contributed by atoms with Crippen molar-refractivity contribution in [3.05, 3.63) is 51.8 Å². The summed E-state index contributed by atoms with van der Waals surface area (Å²) in [6.07, 6.45) is 0. The van der Waals surface area contributed by atoms with Crippen LogP contribution in [0.3, 0.4) is 0 Å². The quantitative estimate of drug-likeness (QED) is 0.0487. The second-order valence-corrected chi connectivity index (χ2v) is 12.3. The minimum Gasteiger partial charge on any atom is -0.508 e. The first-order valence-corrected chi connectivity index (χ1v) is 15.2. The highest BCUT2D eigenvalue weighted by Crippen LogP contribution is 2.37. The summed E-state index contributed by atoms with van der Waals surface area (Å²) in [6.45, 7) is -10.3. The lowest BCUT2D eigenvalue weighted by Crippen LogP contribution is -2.48. The number of rotatable bonds is 16. The third-order valence-corrected chi connectivity index (χ3v) is 8.83. The average molecular weight is 691 g/mol. The number of aromatic hydroxyl groups is 1. The zero-order chi connectivity index (χ0) is 36.2. The summed E-state index contributed by atoms with van der Waals surface area (Å²) in [6, 6.07) is 7.13. The highest BCUT2D eigenvalue weighted by Gasteiger charge is 2.34. The fourth-order valence-electron chi connectivity index (χ4n) is 5.42. The van der Waals surface area contributed by atoms with Crippen molar-refractivity contribution < 1.29 is 66.4 Å². The van der Waals surface area contributed by atoms with Crippen molar-refractivity contribution in [1.82, 2.24) is 0 Å². The van der Waals surface area contributed by atoms with E-state index in [2.05, 4.69) is 20.0 Å². The van der Waals surface area contributed by atoms with Gasteiger partial charge in [0.25, 0.3) is 0 Å². The van der Waals surface area contributed by atoms with Gasteiger partial charge in [-0.05, 0) is 12.1 Å². The van der Waals surface area contributed by atoms with E-state index in [9.17, 15) is 66.4 Å². The van der Waals surface area contributed by atoms with E-state index in [0.29, 0.717) is 5.56 Å². The largest absolute Gasteiger partial charge is 0.508 e. The Bertz CT molecular complexity index is 1790. The Kier molecular flexibility index (Phi) is 11.8. The summed E-state index contributed by atoms with van der Waals surface area (Å²) in [5.41, 5.74) is -7.10. The van der Waals surface area contributed by atoms with Crippen molar-refractivity contribution in [1.29, 1.82) is 0 Å². The Morgan fingerprint density at radius 2 is 0.592 bits per heavy atom. The normalized spacial score (nSPS) is 15.3. The van der Waals surface area contributed by atoms with E-state index in [-0.39, 0.29) is 48.5 Å². The van der Waals surface area contributed by atoms with Crippen molar-refractivity contribution >= 4 is 21.5 Å². The SMILES string of the molecule is OCC(CO)(CO)N=c1c(=NC(CO)(CO)CO)c2cc(O)cc3c2-c2c1cccc2c(=NC(CO)(CO)CO)c3=NC(CO)(CO)CO. The van der Waals surface area contributed by atoms with Crippen molar-refractivity contribution in [2.24, 2.45) is 20.0 Å². The third-order valence-electron chi connectivity index (χ3n) is 8.83. The lowest BCUT2D eigenvalue weighted by molar-refractivity contribution is 0.0666. The first-order chi connectivity index (χ1) is 23.5.